The first-order valence-electron chi connectivity index (χ1n) is 12.0. The van der Waals surface area contributed by atoms with Crippen molar-refractivity contribution >= 4 is 22.5 Å². The minimum absolute atomic E-state index is 0.146. The number of nitrogens with one attached hydrogen (secondary N) is 2. The lowest BCUT2D eigenvalue weighted by molar-refractivity contribution is 0.122. The Bertz CT molecular complexity index is 1250. The summed E-state index contributed by atoms with van der Waals surface area (Å²) < 4.78 is 12.0. The van der Waals surface area contributed by atoms with E-state index in [0.29, 0.717) is 11.9 Å². The van der Waals surface area contributed by atoms with Crippen LogP contribution in [0.15, 0.2) is 42.9 Å². The highest BCUT2D eigenvalue weighted by Crippen LogP contribution is 2.33. The molecule has 0 radical (unpaired) electrons. The Morgan fingerprint density at radius 2 is 1.86 bits per heavy atom. The highest BCUT2D eigenvalue weighted by atomic mass is 16.5. The molecule has 11 nitrogen and oxygen atoms in total. The summed E-state index contributed by atoms with van der Waals surface area (Å²) in [5.74, 6) is 2.27. The van der Waals surface area contributed by atoms with Gasteiger partial charge < -0.3 is 19.7 Å². The molecule has 2 N–H and O–H groups in total. The predicted molar refractivity (Wildman–Crippen MR) is 130 cm³/mol. The molecule has 1 saturated carbocycles. The first-order valence-corrected chi connectivity index (χ1v) is 12.0. The lowest BCUT2D eigenvalue weighted by Crippen LogP contribution is -2.36. The van der Waals surface area contributed by atoms with Gasteiger partial charge in [0.15, 0.2) is 5.82 Å². The molecule has 1 aromatic carbocycles. The summed E-state index contributed by atoms with van der Waals surface area (Å²) in [5.41, 5.74) is 3.64. The van der Waals surface area contributed by atoms with E-state index < -0.39 is 0 Å². The van der Waals surface area contributed by atoms with Gasteiger partial charge in [0.2, 0.25) is 0 Å². The van der Waals surface area contributed by atoms with Gasteiger partial charge in [0.05, 0.1) is 24.8 Å². The van der Waals surface area contributed by atoms with E-state index in [9.17, 15) is 0 Å². The van der Waals surface area contributed by atoms with Gasteiger partial charge in [-0.15, -0.1) is 5.10 Å². The average molecular weight is 474 g/mol. The largest absolute Gasteiger partial charge is 0.488 e. The Morgan fingerprint density at radius 3 is 2.63 bits per heavy atom. The van der Waals surface area contributed by atoms with Crippen LogP contribution in [0, 0.1) is 0 Å². The van der Waals surface area contributed by atoms with E-state index in [-0.39, 0.29) is 6.10 Å². The molecule has 35 heavy (non-hydrogen) atoms. The fourth-order valence-electron chi connectivity index (χ4n) is 4.74. The Kier molecular flexibility index (Phi) is 6.06. The molecule has 4 heterocycles. The van der Waals surface area contributed by atoms with Crippen molar-refractivity contribution in [2.24, 2.45) is 0 Å². The summed E-state index contributed by atoms with van der Waals surface area (Å²) in [7, 11) is 0. The molecule has 0 atom stereocenters. The molecule has 2 aliphatic rings. The highest BCUT2D eigenvalue weighted by Gasteiger charge is 2.24. The predicted octanol–water partition coefficient (Wildman–Crippen LogP) is 2.84. The van der Waals surface area contributed by atoms with Gasteiger partial charge in [-0.25, -0.2) is 15.1 Å². The standard InChI is InChI=1S/C24H27N9O2/c1-6-22(27-15-16(1)24-29-31-32-30-24)28-17-2-4-19(5-3-17)35-21-14-18(33-9-11-34-12-10-33)13-20-23(21)26-8-7-25-20/h1,6-8,13-15,17,19H,2-5,9-12H2,(H,27,28)(H,29,30,31,32). The van der Waals surface area contributed by atoms with Crippen LogP contribution in [-0.4, -0.2) is 74.0 Å². The number of rotatable bonds is 6. The first-order chi connectivity index (χ1) is 17.3. The van der Waals surface area contributed by atoms with Crippen LogP contribution in [0.5, 0.6) is 5.75 Å². The molecule has 3 aromatic heterocycles. The average Bonchev–Trinajstić information content (AvgIpc) is 3.46. The van der Waals surface area contributed by atoms with Crippen LogP contribution < -0.4 is 15.0 Å². The van der Waals surface area contributed by atoms with Gasteiger partial charge in [0, 0.05) is 55.0 Å². The van der Waals surface area contributed by atoms with Crippen LogP contribution in [0.25, 0.3) is 22.4 Å². The molecule has 0 unspecified atom stereocenters. The second-order valence-electron chi connectivity index (χ2n) is 8.89. The number of pyridine rings is 1. The minimum Gasteiger partial charge on any atom is -0.488 e. The van der Waals surface area contributed by atoms with Crippen molar-refractivity contribution in [3.63, 3.8) is 0 Å². The van der Waals surface area contributed by atoms with E-state index in [4.69, 9.17) is 9.47 Å². The van der Waals surface area contributed by atoms with Crippen molar-refractivity contribution in [1.82, 2.24) is 35.6 Å². The lowest BCUT2D eigenvalue weighted by atomic mass is 9.93. The topological polar surface area (TPSA) is 127 Å². The maximum absolute atomic E-state index is 6.53. The molecular weight excluding hydrogens is 446 g/mol. The number of benzene rings is 1. The number of hydrogen-bond donors (Lipinski definition) is 2. The summed E-state index contributed by atoms with van der Waals surface area (Å²) >= 11 is 0. The molecule has 0 spiro atoms. The maximum atomic E-state index is 6.53. The van der Waals surface area contributed by atoms with Gasteiger partial charge in [0.1, 0.15) is 17.1 Å². The Hall–Kier alpha value is -3.86. The number of ether oxygens (including phenoxy) is 2. The summed E-state index contributed by atoms with van der Waals surface area (Å²) in [6.45, 7) is 3.21. The second-order valence-corrected chi connectivity index (χ2v) is 8.89. The molecule has 1 aliphatic heterocycles. The Morgan fingerprint density at radius 1 is 1.00 bits per heavy atom. The van der Waals surface area contributed by atoms with Crippen molar-refractivity contribution in [3.8, 4) is 17.1 Å². The highest BCUT2D eigenvalue weighted by molar-refractivity contribution is 5.85. The number of H-pyrrole nitrogens is 1. The number of anilines is 2. The first kappa shape index (κ1) is 21.7. The lowest BCUT2D eigenvalue weighted by Gasteiger charge is -2.31. The van der Waals surface area contributed by atoms with Gasteiger partial charge in [-0.3, -0.25) is 4.98 Å². The Labute approximate surface area is 202 Å². The van der Waals surface area contributed by atoms with Gasteiger partial charge in [-0.1, -0.05) is 0 Å². The Balaban J connectivity index is 1.10. The molecule has 0 bridgehead atoms. The molecule has 11 heteroatoms. The third-order valence-electron chi connectivity index (χ3n) is 6.60. The fraction of sp³-hybridized carbons (Fsp3) is 0.417. The van der Waals surface area contributed by atoms with E-state index in [2.05, 4.69) is 57.9 Å². The normalized spacial score (nSPS) is 20.6. The fourth-order valence-corrected chi connectivity index (χ4v) is 4.74. The van der Waals surface area contributed by atoms with Crippen LogP contribution in [0.3, 0.4) is 0 Å². The summed E-state index contributed by atoms with van der Waals surface area (Å²) in [6, 6.07) is 8.49. The quantitative estimate of drug-likeness (QED) is 0.431. The van der Waals surface area contributed by atoms with E-state index in [1.54, 1.807) is 18.6 Å². The SMILES string of the molecule is c1cnc2c(OC3CCC(Nc4ccc(-c5nnn[nH]5)cn4)CC3)cc(N3CCOCC3)cc2n1. The molecule has 2 fully saturated rings. The van der Waals surface area contributed by atoms with Crippen LogP contribution >= 0.6 is 0 Å². The number of aromatic amines is 1. The van der Waals surface area contributed by atoms with Crippen molar-refractivity contribution < 1.29 is 9.47 Å². The summed E-state index contributed by atoms with van der Waals surface area (Å²) in [6.07, 6.45) is 9.31. The number of aromatic nitrogens is 7. The molecule has 0 amide bonds. The number of hydrogen-bond acceptors (Lipinski definition) is 10. The van der Waals surface area contributed by atoms with Crippen LogP contribution in [-0.2, 0) is 4.74 Å². The zero-order valence-corrected chi connectivity index (χ0v) is 19.3. The summed E-state index contributed by atoms with van der Waals surface area (Å²) in [4.78, 5) is 15.9. The van der Waals surface area contributed by atoms with Gasteiger partial charge >= 0.3 is 0 Å². The van der Waals surface area contributed by atoms with Crippen LogP contribution in [0.2, 0.25) is 0 Å². The zero-order valence-electron chi connectivity index (χ0n) is 19.3. The number of morpholine rings is 1. The van der Waals surface area contributed by atoms with Crippen molar-refractivity contribution in [1.29, 1.82) is 0 Å². The van der Waals surface area contributed by atoms with E-state index >= 15 is 0 Å². The molecule has 1 saturated heterocycles. The van der Waals surface area contributed by atoms with Gasteiger partial charge in [-0.05, 0) is 54.3 Å². The number of tetrazole rings is 1. The summed E-state index contributed by atoms with van der Waals surface area (Å²) in [5, 5.41) is 17.4. The van der Waals surface area contributed by atoms with Crippen molar-refractivity contribution in [2.45, 2.75) is 37.8 Å². The van der Waals surface area contributed by atoms with Crippen molar-refractivity contribution in [2.75, 3.05) is 36.5 Å². The molecule has 1 aliphatic carbocycles. The van der Waals surface area contributed by atoms with Gasteiger partial charge in [0.25, 0.3) is 0 Å². The minimum atomic E-state index is 0.146. The van der Waals surface area contributed by atoms with E-state index in [0.717, 1.165) is 85.8 Å². The van der Waals surface area contributed by atoms with Gasteiger partial charge in [-0.2, -0.15) is 0 Å². The van der Waals surface area contributed by atoms with Crippen molar-refractivity contribution in [3.05, 3.63) is 42.9 Å². The third kappa shape index (κ3) is 4.85. The smallest absolute Gasteiger partial charge is 0.180 e. The molecular formula is C24H27N9O2. The van der Waals surface area contributed by atoms with E-state index in [1.165, 1.54) is 0 Å². The third-order valence-corrected chi connectivity index (χ3v) is 6.60. The molecule has 4 aromatic rings. The number of fused-ring (bicyclic) bond motifs is 1. The van der Waals surface area contributed by atoms with E-state index in [1.807, 2.05) is 12.1 Å². The maximum Gasteiger partial charge on any atom is 0.180 e. The van der Waals surface area contributed by atoms with Crippen LogP contribution in [0.1, 0.15) is 25.7 Å². The number of nitrogens with zero attached hydrogens (tertiary/aromatic N) is 7. The molecule has 180 valence electrons. The second kappa shape index (κ2) is 9.79. The zero-order chi connectivity index (χ0) is 23.5. The molecule has 6 rings (SSSR count). The monoisotopic (exact) mass is 473 g/mol. The van der Waals surface area contributed by atoms with Crippen LogP contribution in [0.4, 0.5) is 11.5 Å².